The zero-order valence-electron chi connectivity index (χ0n) is 12.4. The lowest BCUT2D eigenvalue weighted by Crippen LogP contribution is -2.30. The minimum absolute atomic E-state index is 0.106. The van der Waals surface area contributed by atoms with Crippen molar-refractivity contribution in [2.45, 2.75) is 45.1 Å². The van der Waals surface area contributed by atoms with Crippen molar-refractivity contribution in [3.8, 4) is 0 Å². The third kappa shape index (κ3) is 2.48. The highest BCUT2D eigenvalue weighted by Gasteiger charge is 2.36. The van der Waals surface area contributed by atoms with E-state index in [2.05, 4.69) is 5.10 Å². The maximum atomic E-state index is 12.7. The van der Waals surface area contributed by atoms with Crippen molar-refractivity contribution >= 4 is 10.0 Å². The molecule has 0 aromatic carbocycles. The number of sulfonamides is 1. The fraction of sp³-hybridized carbons (Fsp3) is 0.769. The maximum Gasteiger partial charge on any atom is 0.246 e. The van der Waals surface area contributed by atoms with E-state index in [-0.39, 0.29) is 23.4 Å². The summed E-state index contributed by atoms with van der Waals surface area (Å²) < 4.78 is 41.3. The van der Waals surface area contributed by atoms with Crippen molar-refractivity contribution in [3.05, 3.63) is 11.4 Å². The molecule has 114 valence electrons. The van der Waals surface area contributed by atoms with Crippen molar-refractivity contribution in [3.63, 3.8) is 0 Å². The standard InChI is InChI=1S/C13H22FN3O2S/c1-9(2)17-11(4)13(10(3)15-17)20(18,19)16-6-5-12(7-14)8-16/h9,12H,5-8H2,1-4H3. The molecule has 2 heterocycles. The summed E-state index contributed by atoms with van der Waals surface area (Å²) in [5.74, 6) is -0.175. The number of alkyl halides is 1. The monoisotopic (exact) mass is 303 g/mol. The van der Waals surface area contributed by atoms with Gasteiger partial charge in [0.15, 0.2) is 0 Å². The lowest BCUT2D eigenvalue weighted by molar-refractivity contribution is 0.366. The van der Waals surface area contributed by atoms with Gasteiger partial charge < -0.3 is 0 Å². The first-order valence-corrected chi connectivity index (χ1v) is 8.34. The second-order valence-electron chi connectivity index (χ2n) is 5.71. The summed E-state index contributed by atoms with van der Waals surface area (Å²) in [5, 5.41) is 4.32. The molecule has 1 unspecified atom stereocenters. The van der Waals surface area contributed by atoms with E-state index in [0.717, 1.165) is 0 Å². The Morgan fingerprint density at radius 2 is 2.05 bits per heavy atom. The first-order valence-electron chi connectivity index (χ1n) is 6.90. The van der Waals surface area contributed by atoms with Gasteiger partial charge in [0.2, 0.25) is 10.0 Å². The molecule has 1 aliphatic rings. The van der Waals surface area contributed by atoms with E-state index in [1.165, 1.54) is 4.31 Å². The van der Waals surface area contributed by atoms with Gasteiger partial charge in [-0.05, 0) is 34.1 Å². The Bertz CT molecular complexity index is 595. The van der Waals surface area contributed by atoms with Gasteiger partial charge in [0.1, 0.15) is 4.90 Å². The summed E-state index contributed by atoms with van der Waals surface area (Å²) in [5.41, 5.74) is 1.17. The van der Waals surface area contributed by atoms with Crippen LogP contribution in [0.3, 0.4) is 0 Å². The van der Waals surface area contributed by atoms with Gasteiger partial charge in [-0.25, -0.2) is 8.42 Å². The highest BCUT2D eigenvalue weighted by atomic mass is 32.2. The van der Waals surface area contributed by atoms with Crippen LogP contribution in [-0.2, 0) is 10.0 Å². The van der Waals surface area contributed by atoms with Crippen LogP contribution in [0.4, 0.5) is 4.39 Å². The van der Waals surface area contributed by atoms with Gasteiger partial charge >= 0.3 is 0 Å². The average molecular weight is 303 g/mol. The van der Waals surface area contributed by atoms with E-state index in [1.807, 2.05) is 13.8 Å². The van der Waals surface area contributed by atoms with Gasteiger partial charge in [-0.2, -0.15) is 9.40 Å². The van der Waals surface area contributed by atoms with Crippen LogP contribution in [0.5, 0.6) is 0 Å². The number of aromatic nitrogens is 2. The van der Waals surface area contributed by atoms with E-state index in [4.69, 9.17) is 0 Å². The Balaban J connectivity index is 2.40. The minimum atomic E-state index is -3.57. The van der Waals surface area contributed by atoms with Crippen LogP contribution in [0.1, 0.15) is 37.7 Å². The number of hydrogen-bond acceptors (Lipinski definition) is 3. The van der Waals surface area contributed by atoms with Gasteiger partial charge in [-0.3, -0.25) is 9.07 Å². The quantitative estimate of drug-likeness (QED) is 0.855. The van der Waals surface area contributed by atoms with E-state index in [9.17, 15) is 12.8 Å². The average Bonchev–Trinajstić information content (AvgIpc) is 2.94. The summed E-state index contributed by atoms with van der Waals surface area (Å²) in [4.78, 5) is 0.283. The van der Waals surface area contributed by atoms with Crippen molar-refractivity contribution in [2.24, 2.45) is 5.92 Å². The van der Waals surface area contributed by atoms with Crippen molar-refractivity contribution in [1.82, 2.24) is 14.1 Å². The highest BCUT2D eigenvalue weighted by Crippen LogP contribution is 2.29. The Labute approximate surface area is 119 Å². The molecule has 7 heteroatoms. The molecule has 0 aliphatic carbocycles. The zero-order chi connectivity index (χ0) is 15.1. The SMILES string of the molecule is Cc1nn(C(C)C)c(C)c1S(=O)(=O)N1CCC(CF)C1. The summed E-state index contributed by atoms with van der Waals surface area (Å²) in [6, 6.07) is 0.106. The number of hydrogen-bond donors (Lipinski definition) is 0. The van der Waals surface area contributed by atoms with Crippen LogP contribution in [0.2, 0.25) is 0 Å². The molecule has 5 nitrogen and oxygen atoms in total. The second kappa shape index (κ2) is 5.44. The van der Waals surface area contributed by atoms with E-state index in [1.54, 1.807) is 18.5 Å². The number of nitrogens with zero attached hydrogens (tertiary/aromatic N) is 3. The molecule has 0 radical (unpaired) electrons. The lowest BCUT2D eigenvalue weighted by Gasteiger charge is -2.17. The largest absolute Gasteiger partial charge is 0.266 e. The fourth-order valence-corrected chi connectivity index (χ4v) is 4.69. The zero-order valence-corrected chi connectivity index (χ0v) is 13.2. The summed E-state index contributed by atoms with van der Waals surface area (Å²) in [7, 11) is -3.57. The summed E-state index contributed by atoms with van der Waals surface area (Å²) >= 11 is 0. The third-order valence-electron chi connectivity index (χ3n) is 3.81. The molecule has 0 amide bonds. The van der Waals surface area contributed by atoms with E-state index >= 15 is 0 Å². The molecule has 0 N–H and O–H groups in total. The molecule has 1 aromatic heterocycles. The van der Waals surface area contributed by atoms with Crippen LogP contribution in [0.15, 0.2) is 4.90 Å². The topological polar surface area (TPSA) is 55.2 Å². The summed E-state index contributed by atoms with van der Waals surface area (Å²) in [6.07, 6.45) is 0.589. The van der Waals surface area contributed by atoms with Gasteiger partial charge in [-0.15, -0.1) is 0 Å². The van der Waals surface area contributed by atoms with Crippen LogP contribution in [0, 0.1) is 19.8 Å². The molecule has 2 rings (SSSR count). The number of aryl methyl sites for hydroxylation is 1. The van der Waals surface area contributed by atoms with Gasteiger partial charge in [0.05, 0.1) is 18.1 Å². The predicted octanol–water partition coefficient (Wildman–Crippen LogP) is 2.06. The Morgan fingerprint density at radius 3 is 2.50 bits per heavy atom. The van der Waals surface area contributed by atoms with Crippen molar-refractivity contribution in [2.75, 3.05) is 19.8 Å². The van der Waals surface area contributed by atoms with Crippen molar-refractivity contribution < 1.29 is 12.8 Å². The molecular formula is C13H22FN3O2S. The number of halogens is 1. The van der Waals surface area contributed by atoms with Crippen LogP contribution in [-0.4, -0.2) is 42.3 Å². The Hall–Kier alpha value is -0.950. The van der Waals surface area contributed by atoms with Crippen LogP contribution < -0.4 is 0 Å². The third-order valence-corrected chi connectivity index (χ3v) is 5.93. The molecule has 1 atom stereocenters. The molecule has 1 saturated heterocycles. The molecule has 1 fully saturated rings. The van der Waals surface area contributed by atoms with Crippen LogP contribution >= 0.6 is 0 Å². The van der Waals surface area contributed by atoms with Gasteiger partial charge in [0.25, 0.3) is 0 Å². The maximum absolute atomic E-state index is 12.7. The first kappa shape index (κ1) is 15.4. The lowest BCUT2D eigenvalue weighted by atomic mass is 10.1. The molecule has 0 bridgehead atoms. The predicted molar refractivity (Wildman–Crippen MR) is 74.9 cm³/mol. The molecule has 0 saturated carbocycles. The van der Waals surface area contributed by atoms with Crippen molar-refractivity contribution in [1.29, 1.82) is 0 Å². The number of rotatable bonds is 4. The van der Waals surface area contributed by atoms with E-state index < -0.39 is 16.7 Å². The first-order chi connectivity index (χ1) is 9.28. The second-order valence-corrected chi connectivity index (χ2v) is 7.59. The minimum Gasteiger partial charge on any atom is -0.266 e. The van der Waals surface area contributed by atoms with Gasteiger partial charge in [-0.1, -0.05) is 0 Å². The van der Waals surface area contributed by atoms with Crippen LogP contribution in [0.25, 0.3) is 0 Å². The van der Waals surface area contributed by atoms with Gasteiger partial charge in [0, 0.05) is 25.0 Å². The normalized spacial score (nSPS) is 21.0. The summed E-state index contributed by atoms with van der Waals surface area (Å²) in [6.45, 7) is 7.61. The fourth-order valence-electron chi connectivity index (χ4n) is 2.79. The molecule has 1 aliphatic heterocycles. The highest BCUT2D eigenvalue weighted by molar-refractivity contribution is 7.89. The Kier molecular flexibility index (Phi) is 4.20. The van der Waals surface area contributed by atoms with E-state index in [0.29, 0.717) is 24.4 Å². The molecular weight excluding hydrogens is 281 g/mol. The smallest absolute Gasteiger partial charge is 0.246 e. The molecule has 20 heavy (non-hydrogen) atoms. The molecule has 1 aromatic rings. The Morgan fingerprint density at radius 1 is 1.40 bits per heavy atom. The molecule has 0 spiro atoms.